The fourth-order valence-electron chi connectivity index (χ4n) is 5.16. The van der Waals surface area contributed by atoms with E-state index in [-0.39, 0.29) is 73.9 Å². The molecule has 0 saturated carbocycles. The summed E-state index contributed by atoms with van der Waals surface area (Å²) in [6.45, 7) is 11.5. The molecule has 1 aliphatic rings. The van der Waals surface area contributed by atoms with Crippen LogP contribution in [-0.2, 0) is 19.1 Å². The average molecular weight is 669 g/mol. The van der Waals surface area contributed by atoms with Crippen molar-refractivity contribution in [3.8, 4) is 5.75 Å². The number of aromatic nitrogens is 1. The van der Waals surface area contributed by atoms with Gasteiger partial charge in [-0.15, -0.1) is 0 Å². The topological polar surface area (TPSA) is 148 Å². The van der Waals surface area contributed by atoms with Crippen LogP contribution in [0.25, 0.3) is 28.6 Å². The summed E-state index contributed by atoms with van der Waals surface area (Å²) in [6.07, 6.45) is 11.4. The van der Waals surface area contributed by atoms with E-state index in [9.17, 15) is 19.2 Å². The molecular weight excluding hydrogens is 624 g/mol. The molecule has 1 aromatic heterocycles. The minimum absolute atomic E-state index is 0.132. The summed E-state index contributed by atoms with van der Waals surface area (Å²) in [5.74, 6) is -0.648. The SMILES string of the molecule is C=Cc1c(/C=C\C(C)C)[nH]c2cc(C3=CNC(OCC(=O)NCCOCCNC(=O)COc4cccc(C(C)=O)c4C(C)=O)C=C3)ccc12. The number of Topliss-reactive ketones (excluding diaryl/α,β-unsaturated/α-hetero) is 2. The zero-order valence-corrected chi connectivity index (χ0v) is 28.4. The van der Waals surface area contributed by atoms with Crippen LogP contribution >= 0.6 is 0 Å². The van der Waals surface area contributed by atoms with Gasteiger partial charge in [0.05, 0.1) is 18.8 Å². The van der Waals surface area contributed by atoms with Crippen molar-refractivity contribution in [2.45, 2.75) is 33.9 Å². The number of ketones is 2. The van der Waals surface area contributed by atoms with Crippen LogP contribution in [0.5, 0.6) is 5.75 Å². The van der Waals surface area contributed by atoms with Crippen molar-refractivity contribution in [3.05, 3.63) is 95.4 Å². The largest absolute Gasteiger partial charge is 0.483 e. The van der Waals surface area contributed by atoms with E-state index in [1.165, 1.54) is 13.8 Å². The lowest BCUT2D eigenvalue weighted by atomic mass is 10.0. The molecule has 3 aromatic rings. The lowest BCUT2D eigenvalue weighted by molar-refractivity contribution is -0.127. The minimum atomic E-state index is -0.445. The Labute approximate surface area is 286 Å². The number of H-pyrrole nitrogens is 1. The van der Waals surface area contributed by atoms with Crippen LogP contribution in [0.2, 0.25) is 0 Å². The van der Waals surface area contributed by atoms with Crippen molar-refractivity contribution in [1.29, 1.82) is 0 Å². The number of hydrogen-bond donors (Lipinski definition) is 4. The second-order valence-electron chi connectivity index (χ2n) is 11.8. The van der Waals surface area contributed by atoms with Crippen LogP contribution in [0.3, 0.4) is 0 Å². The molecular formula is C38H44N4O7. The molecule has 0 saturated heterocycles. The standard InChI is InChI=1S/C38H44N4O7/c1-6-29-31-13-11-27(20-33(31)42-32(29)14-10-24(2)3)28-12-15-37(41-21-28)49-23-36(46)40-17-19-47-18-16-39-35(45)22-48-34-9-7-8-30(25(4)43)38(34)26(5)44/h6-15,20-21,24,37,41-42H,1,16-19,22-23H2,2-5H3,(H,39,45)(H,40,46)/b14-10-. The molecule has 0 spiro atoms. The number of aromatic amines is 1. The number of dihydropyridines is 1. The van der Waals surface area contributed by atoms with Crippen LogP contribution in [-0.4, -0.2) is 74.1 Å². The van der Waals surface area contributed by atoms with Crippen molar-refractivity contribution in [2.75, 3.05) is 39.5 Å². The van der Waals surface area contributed by atoms with E-state index in [1.54, 1.807) is 18.2 Å². The minimum Gasteiger partial charge on any atom is -0.483 e. The molecule has 0 fully saturated rings. The van der Waals surface area contributed by atoms with Gasteiger partial charge in [-0.05, 0) is 55.2 Å². The maximum Gasteiger partial charge on any atom is 0.258 e. The summed E-state index contributed by atoms with van der Waals surface area (Å²) >= 11 is 0. The van der Waals surface area contributed by atoms with Gasteiger partial charge in [0.1, 0.15) is 18.6 Å². The van der Waals surface area contributed by atoms with Crippen LogP contribution < -0.4 is 20.7 Å². The summed E-state index contributed by atoms with van der Waals surface area (Å²) < 4.78 is 16.6. The quantitative estimate of drug-likeness (QED) is 0.109. The number of hydrogen-bond acceptors (Lipinski definition) is 8. The van der Waals surface area contributed by atoms with Crippen molar-refractivity contribution in [2.24, 2.45) is 5.92 Å². The normalized spacial score (nSPS) is 14.1. The maximum absolute atomic E-state index is 12.2. The molecule has 11 nitrogen and oxygen atoms in total. The molecule has 0 bridgehead atoms. The summed E-state index contributed by atoms with van der Waals surface area (Å²) in [5, 5.41) is 9.68. The molecule has 1 atom stereocenters. The Kier molecular flexibility index (Phi) is 13.3. The lowest BCUT2D eigenvalue weighted by Crippen LogP contribution is -2.36. The third-order valence-electron chi connectivity index (χ3n) is 7.56. The van der Waals surface area contributed by atoms with E-state index in [2.05, 4.69) is 71.7 Å². The molecule has 1 unspecified atom stereocenters. The molecule has 258 valence electrons. The van der Waals surface area contributed by atoms with E-state index in [1.807, 2.05) is 24.4 Å². The Morgan fingerprint density at radius 2 is 1.71 bits per heavy atom. The Bertz CT molecular complexity index is 1780. The van der Waals surface area contributed by atoms with Crippen LogP contribution in [0, 0.1) is 5.92 Å². The second kappa shape index (κ2) is 17.8. The van der Waals surface area contributed by atoms with E-state index in [4.69, 9.17) is 14.2 Å². The smallest absolute Gasteiger partial charge is 0.258 e. The molecule has 11 heteroatoms. The molecule has 0 radical (unpaired) electrons. The second-order valence-corrected chi connectivity index (χ2v) is 11.8. The number of rotatable bonds is 18. The first-order valence-corrected chi connectivity index (χ1v) is 16.2. The van der Waals surface area contributed by atoms with Gasteiger partial charge in [-0.25, -0.2) is 0 Å². The highest BCUT2D eigenvalue weighted by atomic mass is 16.5. The van der Waals surface area contributed by atoms with Gasteiger partial charge < -0.3 is 35.1 Å². The molecule has 2 heterocycles. The number of amides is 2. The molecule has 1 aliphatic heterocycles. The highest BCUT2D eigenvalue weighted by Crippen LogP contribution is 2.29. The molecule has 0 aliphatic carbocycles. The van der Waals surface area contributed by atoms with Crippen LogP contribution in [0.15, 0.2) is 67.4 Å². The van der Waals surface area contributed by atoms with Gasteiger partial charge in [0.25, 0.3) is 5.91 Å². The average Bonchev–Trinajstić information content (AvgIpc) is 3.45. The molecule has 49 heavy (non-hydrogen) atoms. The van der Waals surface area contributed by atoms with Gasteiger partial charge in [-0.2, -0.15) is 0 Å². The zero-order valence-electron chi connectivity index (χ0n) is 28.4. The van der Waals surface area contributed by atoms with Gasteiger partial charge in [-0.1, -0.05) is 62.9 Å². The molecule has 2 aromatic carbocycles. The van der Waals surface area contributed by atoms with Gasteiger partial charge in [0.2, 0.25) is 5.91 Å². The number of carbonyl (C=O) groups excluding carboxylic acids is 4. The Balaban J connectivity index is 1.10. The molecule has 4 rings (SSSR count). The number of nitrogens with one attached hydrogen (secondary N) is 4. The first-order chi connectivity index (χ1) is 23.6. The van der Waals surface area contributed by atoms with E-state index in [0.717, 1.165) is 33.3 Å². The number of ether oxygens (including phenoxy) is 3. The predicted octanol–water partition coefficient (Wildman–Crippen LogP) is 5.06. The van der Waals surface area contributed by atoms with Gasteiger partial charge >= 0.3 is 0 Å². The van der Waals surface area contributed by atoms with E-state index < -0.39 is 12.1 Å². The summed E-state index contributed by atoms with van der Waals surface area (Å²) in [5.41, 5.74) is 5.58. The third-order valence-corrected chi connectivity index (χ3v) is 7.56. The van der Waals surface area contributed by atoms with Crippen molar-refractivity contribution in [1.82, 2.24) is 20.9 Å². The first kappa shape index (κ1) is 36.6. The molecule has 4 N–H and O–H groups in total. The summed E-state index contributed by atoms with van der Waals surface area (Å²) in [4.78, 5) is 51.7. The number of fused-ring (bicyclic) bond motifs is 1. The number of allylic oxidation sites excluding steroid dienone is 3. The predicted molar refractivity (Wildman–Crippen MR) is 191 cm³/mol. The number of benzene rings is 2. The van der Waals surface area contributed by atoms with E-state index >= 15 is 0 Å². The summed E-state index contributed by atoms with van der Waals surface area (Å²) in [7, 11) is 0. The van der Waals surface area contributed by atoms with Gasteiger partial charge in [0.15, 0.2) is 18.2 Å². The van der Waals surface area contributed by atoms with Gasteiger partial charge in [0, 0.05) is 47.0 Å². The van der Waals surface area contributed by atoms with Crippen LogP contribution in [0.1, 0.15) is 65.2 Å². The van der Waals surface area contributed by atoms with Crippen molar-refractivity contribution >= 4 is 52.0 Å². The fourth-order valence-corrected chi connectivity index (χ4v) is 5.16. The van der Waals surface area contributed by atoms with E-state index in [0.29, 0.717) is 5.92 Å². The number of carbonyl (C=O) groups is 4. The molecule has 2 amide bonds. The van der Waals surface area contributed by atoms with Crippen LogP contribution in [0.4, 0.5) is 0 Å². The fraction of sp³-hybridized carbons (Fsp3) is 0.316. The highest BCUT2D eigenvalue weighted by molar-refractivity contribution is 6.09. The lowest BCUT2D eigenvalue weighted by Gasteiger charge is -2.19. The summed E-state index contributed by atoms with van der Waals surface area (Å²) in [6, 6.07) is 11.0. The highest BCUT2D eigenvalue weighted by Gasteiger charge is 2.18. The van der Waals surface area contributed by atoms with Crippen molar-refractivity contribution in [3.63, 3.8) is 0 Å². The Morgan fingerprint density at radius 3 is 2.35 bits per heavy atom. The van der Waals surface area contributed by atoms with Gasteiger partial charge in [-0.3, -0.25) is 19.2 Å². The first-order valence-electron chi connectivity index (χ1n) is 16.2. The third kappa shape index (κ3) is 10.4. The Morgan fingerprint density at radius 1 is 0.980 bits per heavy atom. The maximum atomic E-state index is 12.2. The van der Waals surface area contributed by atoms with Crippen molar-refractivity contribution < 1.29 is 33.4 Å². The zero-order chi connectivity index (χ0) is 35.3. The monoisotopic (exact) mass is 668 g/mol. The Hall–Kier alpha value is -5.26.